The van der Waals surface area contributed by atoms with E-state index in [4.69, 9.17) is 10.9 Å². The number of nitrogens with one attached hydrogen (secondary N) is 1. The monoisotopic (exact) mass is 161 g/mol. The molecule has 0 atom stereocenters. The molecule has 0 heterocycles. The van der Waals surface area contributed by atoms with Crippen molar-refractivity contribution in [3.63, 3.8) is 0 Å². The number of nitrogens with two attached hydrogens (primary N) is 1. The largest absolute Gasteiger partial charge is 0.365 e. The average molecular weight is 161 g/mol. The van der Waals surface area contributed by atoms with Gasteiger partial charge in [0.1, 0.15) is 4.91 Å². The van der Waals surface area contributed by atoms with Gasteiger partial charge in [0.05, 0.1) is 0 Å². The molecule has 0 saturated carbocycles. The Hall–Kier alpha value is -1.33. The summed E-state index contributed by atoms with van der Waals surface area (Å²) >= 11 is 0. The summed E-state index contributed by atoms with van der Waals surface area (Å²) < 4.78 is 0. The van der Waals surface area contributed by atoms with Gasteiger partial charge in [0.15, 0.2) is 0 Å². The van der Waals surface area contributed by atoms with Gasteiger partial charge in [-0.3, -0.25) is 0 Å². The molecule has 0 rings (SSSR count). The van der Waals surface area contributed by atoms with Crippen molar-refractivity contribution >= 4 is 5.96 Å². The van der Waals surface area contributed by atoms with Crippen LogP contribution in [0, 0.1) is 4.91 Å². The molecule has 0 aromatic heterocycles. The second-order valence-electron chi connectivity index (χ2n) is 2.01. The maximum atomic E-state index is 9.89. The van der Waals surface area contributed by atoms with E-state index in [-0.39, 0.29) is 5.96 Å². The summed E-state index contributed by atoms with van der Waals surface area (Å²) in [6, 6.07) is 0. The fourth-order valence-electron chi connectivity index (χ4n) is 0.491. The molecule has 0 aliphatic carbocycles. The second-order valence-corrected chi connectivity index (χ2v) is 2.01. The predicted molar refractivity (Wildman–Crippen MR) is 39.9 cm³/mol. The lowest BCUT2D eigenvalue weighted by molar-refractivity contribution is -0.822. The molecule has 0 unspecified atom stereocenters. The molecule has 6 nitrogen and oxygen atoms in total. The van der Waals surface area contributed by atoms with Crippen LogP contribution in [0.1, 0.15) is 19.8 Å². The van der Waals surface area contributed by atoms with Gasteiger partial charge in [0, 0.05) is 6.54 Å². The van der Waals surface area contributed by atoms with Gasteiger partial charge >= 0.3 is 5.03 Å². The van der Waals surface area contributed by atoms with Gasteiger partial charge in [-0.25, -0.2) is 10.2 Å². The minimum atomic E-state index is -0.481. The summed E-state index contributed by atoms with van der Waals surface area (Å²) in [5.74, 6) is -0.0732. The van der Waals surface area contributed by atoms with E-state index in [2.05, 4.69) is 4.99 Å². The lowest BCUT2D eigenvalue weighted by Gasteiger charge is -1.91. The highest BCUT2D eigenvalue weighted by Gasteiger charge is 2.02. The second kappa shape index (κ2) is 5.45. The Kier molecular flexibility index (Phi) is 4.80. The number of hydrogen-bond acceptors (Lipinski definition) is 2. The van der Waals surface area contributed by atoms with E-state index < -0.39 is 5.03 Å². The lowest BCUT2D eigenvalue weighted by atomic mass is 10.3. The predicted octanol–water partition coefficient (Wildman–Crippen LogP) is -0.226. The lowest BCUT2D eigenvalue weighted by Crippen LogP contribution is -2.37. The van der Waals surface area contributed by atoms with E-state index in [0.717, 1.165) is 12.8 Å². The van der Waals surface area contributed by atoms with Crippen LogP contribution in [0.4, 0.5) is 0 Å². The number of aliphatic imine (C=N–C) groups is 1. The molecule has 0 aromatic carbocycles. The molecule has 0 aliphatic heterocycles. The number of guanidine groups is 1. The van der Waals surface area contributed by atoms with Gasteiger partial charge in [-0.15, -0.1) is 0 Å². The molecule has 6 heteroatoms. The number of hydrazine groups is 1. The van der Waals surface area contributed by atoms with E-state index in [0.29, 0.717) is 6.54 Å². The molecule has 4 N–H and O–H groups in total. The van der Waals surface area contributed by atoms with E-state index in [1.54, 1.807) is 0 Å². The quantitative estimate of drug-likeness (QED) is 0.230. The Morgan fingerprint density at radius 2 is 2.45 bits per heavy atom. The zero-order valence-electron chi connectivity index (χ0n) is 6.45. The van der Waals surface area contributed by atoms with Gasteiger partial charge in [-0.05, 0) is 11.8 Å². The minimum absolute atomic E-state index is 0.0732. The fraction of sp³-hybridized carbons (Fsp3) is 0.800. The molecule has 64 valence electrons. The molecule has 0 aliphatic rings. The summed E-state index contributed by atoms with van der Waals surface area (Å²) in [4.78, 5) is 13.6. The van der Waals surface area contributed by atoms with Crippen molar-refractivity contribution in [2.45, 2.75) is 19.8 Å². The van der Waals surface area contributed by atoms with E-state index in [1.165, 1.54) is 0 Å². The number of rotatable bonds is 4. The van der Waals surface area contributed by atoms with Crippen molar-refractivity contribution in [2.24, 2.45) is 10.7 Å². The SMILES string of the molecule is CCCCN=C(N)N[N+](=O)O. The molecule has 0 saturated heterocycles. The average Bonchev–Trinajstić information content (AvgIpc) is 1.86. The molecule has 0 spiro atoms. The highest BCUT2D eigenvalue weighted by molar-refractivity contribution is 5.76. The summed E-state index contributed by atoms with van der Waals surface area (Å²) in [5.41, 5.74) is 7.02. The molecule has 0 aromatic rings. The van der Waals surface area contributed by atoms with Crippen molar-refractivity contribution in [3.8, 4) is 0 Å². The standard InChI is InChI=1S/C5H13N4O2/c1-2-3-4-7-5(6)8-9(10)11/h2-4H2,1H3,(H,10,11)(H3,6,7,8)/q+1. The molecular formula is C5H13N4O2+. The topological polar surface area (TPSA) is 90.7 Å². The first-order chi connectivity index (χ1) is 5.16. The van der Waals surface area contributed by atoms with E-state index >= 15 is 0 Å². The fourth-order valence-corrected chi connectivity index (χ4v) is 0.491. The number of unbranched alkanes of at least 4 members (excludes halogenated alkanes) is 1. The zero-order valence-corrected chi connectivity index (χ0v) is 6.45. The van der Waals surface area contributed by atoms with Gasteiger partial charge in [-0.1, -0.05) is 13.3 Å². The van der Waals surface area contributed by atoms with Crippen molar-refractivity contribution in [1.82, 2.24) is 5.43 Å². The molecule has 0 bridgehead atoms. The highest BCUT2D eigenvalue weighted by Crippen LogP contribution is 1.85. The first-order valence-corrected chi connectivity index (χ1v) is 3.39. The van der Waals surface area contributed by atoms with Crippen LogP contribution in [0.25, 0.3) is 0 Å². The first kappa shape index (κ1) is 9.67. The van der Waals surface area contributed by atoms with Crippen LogP contribution in [0.3, 0.4) is 0 Å². The van der Waals surface area contributed by atoms with Gasteiger partial charge in [0.2, 0.25) is 0 Å². The van der Waals surface area contributed by atoms with Crippen LogP contribution < -0.4 is 11.2 Å². The third-order valence-electron chi connectivity index (χ3n) is 1.00. The summed E-state index contributed by atoms with van der Waals surface area (Å²) in [5, 5.41) is 7.60. The smallest absolute Gasteiger partial charge is 0.362 e. The van der Waals surface area contributed by atoms with Crippen LogP contribution in [0.15, 0.2) is 4.99 Å². The highest BCUT2D eigenvalue weighted by atomic mass is 16.7. The van der Waals surface area contributed by atoms with Crippen molar-refractivity contribution < 1.29 is 10.2 Å². The number of hydrogen-bond donors (Lipinski definition) is 3. The van der Waals surface area contributed by atoms with Crippen LogP contribution in [0.5, 0.6) is 0 Å². The van der Waals surface area contributed by atoms with Crippen molar-refractivity contribution in [3.05, 3.63) is 4.91 Å². The number of nitrogens with zero attached hydrogens (tertiary/aromatic N) is 2. The molecular weight excluding hydrogens is 148 g/mol. The Labute approximate surface area is 64.6 Å². The third-order valence-corrected chi connectivity index (χ3v) is 1.00. The van der Waals surface area contributed by atoms with Crippen molar-refractivity contribution in [1.29, 1.82) is 0 Å². The van der Waals surface area contributed by atoms with Gasteiger partial charge in [-0.2, -0.15) is 0 Å². The van der Waals surface area contributed by atoms with Crippen LogP contribution in [-0.2, 0) is 0 Å². The Morgan fingerprint density at radius 3 is 2.91 bits per heavy atom. The Morgan fingerprint density at radius 1 is 1.82 bits per heavy atom. The summed E-state index contributed by atoms with van der Waals surface area (Å²) in [6.07, 6.45) is 1.92. The minimum Gasteiger partial charge on any atom is -0.365 e. The van der Waals surface area contributed by atoms with Crippen LogP contribution >= 0.6 is 0 Å². The molecule has 0 fully saturated rings. The van der Waals surface area contributed by atoms with Crippen LogP contribution in [0.2, 0.25) is 0 Å². The summed E-state index contributed by atoms with van der Waals surface area (Å²) in [6.45, 7) is 2.58. The maximum absolute atomic E-state index is 9.89. The van der Waals surface area contributed by atoms with E-state index in [9.17, 15) is 4.91 Å². The van der Waals surface area contributed by atoms with Gasteiger partial charge in [0.25, 0.3) is 5.96 Å². The Balaban J connectivity index is 3.54. The van der Waals surface area contributed by atoms with Crippen molar-refractivity contribution in [2.75, 3.05) is 6.54 Å². The van der Waals surface area contributed by atoms with Gasteiger partial charge < -0.3 is 5.73 Å². The molecule has 0 radical (unpaired) electrons. The first-order valence-electron chi connectivity index (χ1n) is 3.39. The van der Waals surface area contributed by atoms with Crippen LogP contribution in [-0.4, -0.2) is 22.7 Å². The third kappa shape index (κ3) is 6.56. The summed E-state index contributed by atoms with van der Waals surface area (Å²) in [7, 11) is 0. The van der Waals surface area contributed by atoms with E-state index in [1.807, 2.05) is 12.3 Å². The zero-order chi connectivity index (χ0) is 8.69. The normalized spacial score (nSPS) is 11.2. The molecule has 0 amide bonds. The molecule has 11 heavy (non-hydrogen) atoms. The Bertz CT molecular complexity index is 157. The maximum Gasteiger partial charge on any atom is 0.362 e.